The molecular formula is C26H31N2O4P. The molecule has 0 aromatic heterocycles. The molecule has 2 N–H and O–H groups in total. The SMILES string of the molecule is CC(C)CCNP(=O)(Oc1ccccc1)C(NC(=O)OCc1ccccc1)c1ccccc1. The Hall–Kier alpha value is -3.08. The Kier molecular flexibility index (Phi) is 9.11. The first-order valence-electron chi connectivity index (χ1n) is 11.1. The molecule has 2 unspecified atom stereocenters. The van der Waals surface area contributed by atoms with Crippen molar-refractivity contribution in [1.82, 2.24) is 10.4 Å². The molecule has 7 heteroatoms. The highest BCUT2D eigenvalue weighted by Crippen LogP contribution is 2.55. The highest BCUT2D eigenvalue weighted by molar-refractivity contribution is 7.57. The molecule has 0 aliphatic rings. The number of para-hydroxylation sites is 1. The van der Waals surface area contributed by atoms with Crippen LogP contribution in [0.25, 0.3) is 0 Å². The van der Waals surface area contributed by atoms with E-state index in [1.54, 1.807) is 12.1 Å². The molecule has 3 aromatic carbocycles. The van der Waals surface area contributed by atoms with Crippen molar-refractivity contribution in [1.29, 1.82) is 0 Å². The summed E-state index contributed by atoms with van der Waals surface area (Å²) in [4.78, 5) is 12.7. The van der Waals surface area contributed by atoms with Gasteiger partial charge in [-0.1, -0.05) is 92.7 Å². The van der Waals surface area contributed by atoms with E-state index in [2.05, 4.69) is 24.3 Å². The number of hydrogen-bond acceptors (Lipinski definition) is 4. The zero-order valence-corrected chi connectivity index (χ0v) is 19.9. The Balaban J connectivity index is 1.85. The maximum Gasteiger partial charge on any atom is 0.408 e. The standard InChI is InChI=1S/C26H31N2O4P/c1-21(2)18-19-27-33(30,32-24-16-10-5-11-17-24)25(23-14-8-4-9-15-23)28-26(29)31-20-22-12-6-3-7-13-22/h3-17,21,25H,18-20H2,1-2H3,(H,27,30)(H,28,29). The number of hydrogen-bond donors (Lipinski definition) is 2. The topological polar surface area (TPSA) is 76.7 Å². The maximum absolute atomic E-state index is 14.3. The summed E-state index contributed by atoms with van der Waals surface area (Å²) < 4.78 is 25.7. The van der Waals surface area contributed by atoms with Gasteiger partial charge in [-0.25, -0.2) is 9.88 Å². The predicted molar refractivity (Wildman–Crippen MR) is 131 cm³/mol. The maximum atomic E-state index is 14.3. The van der Waals surface area contributed by atoms with Crippen LogP contribution in [0.3, 0.4) is 0 Å². The van der Waals surface area contributed by atoms with E-state index in [0.717, 1.165) is 12.0 Å². The van der Waals surface area contributed by atoms with Gasteiger partial charge in [0.2, 0.25) is 0 Å². The summed E-state index contributed by atoms with van der Waals surface area (Å²) >= 11 is 0. The number of alkyl carbamates (subject to hydrolysis) is 1. The lowest BCUT2D eigenvalue weighted by Crippen LogP contribution is -2.34. The molecule has 0 bridgehead atoms. The van der Waals surface area contributed by atoms with Crippen molar-refractivity contribution in [2.75, 3.05) is 6.54 Å². The third-order valence-corrected chi connectivity index (χ3v) is 7.21. The number of benzene rings is 3. The van der Waals surface area contributed by atoms with Crippen LogP contribution < -0.4 is 14.9 Å². The lowest BCUT2D eigenvalue weighted by molar-refractivity contribution is 0.138. The van der Waals surface area contributed by atoms with E-state index in [1.807, 2.05) is 78.9 Å². The second-order valence-corrected chi connectivity index (χ2v) is 10.3. The van der Waals surface area contributed by atoms with E-state index in [-0.39, 0.29) is 6.61 Å². The largest absolute Gasteiger partial charge is 0.445 e. The van der Waals surface area contributed by atoms with Crippen molar-refractivity contribution in [3.8, 4) is 5.75 Å². The molecule has 0 spiro atoms. The zero-order chi connectivity index (χ0) is 23.5. The molecule has 0 aliphatic carbocycles. The summed E-state index contributed by atoms with van der Waals surface area (Å²) in [5.74, 6) is -0.0609. The van der Waals surface area contributed by atoms with E-state index in [0.29, 0.717) is 23.8 Å². The van der Waals surface area contributed by atoms with Gasteiger partial charge in [0, 0.05) is 6.54 Å². The van der Waals surface area contributed by atoms with E-state index in [4.69, 9.17) is 9.26 Å². The Morgan fingerprint density at radius 2 is 1.45 bits per heavy atom. The van der Waals surface area contributed by atoms with Crippen molar-refractivity contribution >= 4 is 13.6 Å². The molecule has 3 rings (SSSR count). The summed E-state index contributed by atoms with van der Waals surface area (Å²) in [6, 6.07) is 27.5. The monoisotopic (exact) mass is 466 g/mol. The van der Waals surface area contributed by atoms with Crippen LogP contribution in [-0.4, -0.2) is 12.6 Å². The quantitative estimate of drug-likeness (QED) is 0.315. The predicted octanol–water partition coefficient (Wildman–Crippen LogP) is 6.52. The van der Waals surface area contributed by atoms with Gasteiger partial charge in [-0.3, -0.25) is 4.57 Å². The number of carbonyl (C=O) groups is 1. The van der Waals surface area contributed by atoms with E-state index in [1.165, 1.54) is 0 Å². The van der Waals surface area contributed by atoms with Gasteiger partial charge in [0.05, 0.1) is 0 Å². The minimum atomic E-state index is -3.64. The highest BCUT2D eigenvalue weighted by atomic mass is 31.2. The molecule has 3 aromatic rings. The van der Waals surface area contributed by atoms with Gasteiger partial charge in [0.1, 0.15) is 12.4 Å². The molecule has 33 heavy (non-hydrogen) atoms. The number of nitrogens with one attached hydrogen (secondary N) is 2. The van der Waals surface area contributed by atoms with Crippen LogP contribution >= 0.6 is 7.52 Å². The fourth-order valence-corrected chi connectivity index (χ4v) is 5.27. The Morgan fingerprint density at radius 3 is 2.06 bits per heavy atom. The molecule has 1 amide bonds. The molecule has 0 fully saturated rings. The van der Waals surface area contributed by atoms with Gasteiger partial charge in [0.15, 0.2) is 5.78 Å². The fourth-order valence-electron chi connectivity index (χ4n) is 3.20. The Bertz CT molecular complexity index is 1030. The van der Waals surface area contributed by atoms with Gasteiger partial charge >= 0.3 is 13.6 Å². The second kappa shape index (κ2) is 12.2. The minimum absolute atomic E-state index is 0.110. The van der Waals surface area contributed by atoms with Gasteiger partial charge in [0.25, 0.3) is 0 Å². The van der Waals surface area contributed by atoms with Crippen molar-refractivity contribution in [2.45, 2.75) is 32.7 Å². The third kappa shape index (κ3) is 7.77. The molecule has 0 saturated heterocycles. The van der Waals surface area contributed by atoms with Gasteiger partial charge in [-0.05, 0) is 35.6 Å². The molecule has 0 heterocycles. The molecule has 0 aliphatic heterocycles. The van der Waals surface area contributed by atoms with Crippen molar-refractivity contribution in [3.05, 3.63) is 102 Å². The van der Waals surface area contributed by atoms with E-state index >= 15 is 0 Å². The number of amides is 1. The van der Waals surface area contributed by atoms with E-state index < -0.39 is 19.4 Å². The van der Waals surface area contributed by atoms with Crippen molar-refractivity contribution in [2.24, 2.45) is 5.92 Å². The van der Waals surface area contributed by atoms with Crippen LogP contribution in [0.15, 0.2) is 91.0 Å². The molecule has 0 saturated carbocycles. The number of ether oxygens (including phenoxy) is 1. The number of rotatable bonds is 11. The molecular weight excluding hydrogens is 435 g/mol. The second-order valence-electron chi connectivity index (χ2n) is 8.11. The lowest BCUT2D eigenvalue weighted by Gasteiger charge is -2.29. The Labute approximate surface area is 195 Å². The van der Waals surface area contributed by atoms with Crippen LogP contribution in [0.5, 0.6) is 5.75 Å². The molecule has 0 radical (unpaired) electrons. The van der Waals surface area contributed by atoms with E-state index in [9.17, 15) is 9.36 Å². The fraction of sp³-hybridized carbons (Fsp3) is 0.269. The summed E-state index contributed by atoms with van der Waals surface area (Å²) in [5, 5.41) is 5.91. The Morgan fingerprint density at radius 1 is 0.879 bits per heavy atom. The van der Waals surface area contributed by atoms with Crippen LogP contribution in [0.1, 0.15) is 37.2 Å². The van der Waals surface area contributed by atoms with Crippen molar-refractivity contribution < 1.29 is 18.6 Å². The number of carbonyl (C=O) groups excluding carboxylic acids is 1. The first kappa shape index (κ1) is 24.6. The van der Waals surface area contributed by atoms with Crippen LogP contribution in [0, 0.1) is 5.92 Å². The minimum Gasteiger partial charge on any atom is -0.445 e. The average Bonchev–Trinajstić information content (AvgIpc) is 2.83. The normalized spacial score (nSPS) is 13.7. The first-order chi connectivity index (χ1) is 16.0. The lowest BCUT2D eigenvalue weighted by atomic mass is 10.1. The van der Waals surface area contributed by atoms with Crippen LogP contribution in [0.2, 0.25) is 0 Å². The smallest absolute Gasteiger partial charge is 0.408 e. The third-order valence-electron chi connectivity index (χ3n) is 4.96. The van der Waals surface area contributed by atoms with Crippen LogP contribution in [-0.2, 0) is 15.9 Å². The molecule has 2 atom stereocenters. The van der Waals surface area contributed by atoms with Crippen LogP contribution in [0.4, 0.5) is 4.79 Å². The van der Waals surface area contributed by atoms with Gasteiger partial charge < -0.3 is 14.6 Å². The average molecular weight is 467 g/mol. The first-order valence-corrected chi connectivity index (χ1v) is 12.8. The molecule has 6 nitrogen and oxygen atoms in total. The zero-order valence-electron chi connectivity index (χ0n) is 19.0. The molecule has 174 valence electrons. The van der Waals surface area contributed by atoms with Gasteiger partial charge in [-0.2, -0.15) is 0 Å². The summed E-state index contributed by atoms with van der Waals surface area (Å²) in [5.41, 5.74) is 1.52. The van der Waals surface area contributed by atoms with Gasteiger partial charge in [-0.15, -0.1) is 0 Å². The summed E-state index contributed by atoms with van der Waals surface area (Å²) in [7, 11) is -3.64. The van der Waals surface area contributed by atoms with Crippen molar-refractivity contribution in [3.63, 3.8) is 0 Å². The summed E-state index contributed by atoms with van der Waals surface area (Å²) in [6.45, 7) is 4.78. The highest BCUT2D eigenvalue weighted by Gasteiger charge is 2.38. The summed E-state index contributed by atoms with van der Waals surface area (Å²) in [6.07, 6.45) is 0.137.